The zero-order valence-corrected chi connectivity index (χ0v) is 41.8. The third kappa shape index (κ3) is 5.90. The Kier molecular flexibility index (Phi) is 8.75. The largest absolute Gasteiger partial charge is 0.460 e. The van der Waals surface area contributed by atoms with E-state index in [9.17, 15) is 10.5 Å². The predicted octanol–water partition coefficient (Wildman–Crippen LogP) is 9.37. The van der Waals surface area contributed by atoms with E-state index in [4.69, 9.17) is 25.5 Å². The second-order valence-electron chi connectivity index (χ2n) is 20.9. The van der Waals surface area contributed by atoms with Gasteiger partial charge in [-0.15, -0.1) is 0 Å². The number of hydrogen-bond donors (Lipinski definition) is 0. The van der Waals surface area contributed by atoms with Gasteiger partial charge in [0, 0.05) is 45.8 Å². The first-order valence-electron chi connectivity index (χ1n) is 25.2. The molecule has 350 valence electrons. The van der Waals surface area contributed by atoms with Gasteiger partial charge >= 0.3 is 0 Å². The molecule has 0 bridgehead atoms. The first-order chi connectivity index (χ1) is 36.5. The van der Waals surface area contributed by atoms with Gasteiger partial charge in [-0.2, -0.15) is 10.5 Å². The minimum Gasteiger partial charge on any atom is -0.460 e. The van der Waals surface area contributed by atoms with E-state index in [1.807, 2.05) is 48.5 Å². The fourth-order valence-electron chi connectivity index (χ4n) is 13.6. The lowest BCUT2D eigenvalue weighted by molar-refractivity contribution is 0.464. The Morgan fingerprint density at radius 1 is 0.400 bits per heavy atom. The van der Waals surface area contributed by atoms with E-state index in [1.54, 1.807) is 0 Å². The first-order valence-corrected chi connectivity index (χ1v) is 25.2. The van der Waals surface area contributed by atoms with Crippen LogP contribution in [0.3, 0.4) is 0 Å². The molecule has 12 heteroatoms. The number of nitrogens with zero attached hydrogens (tertiary/aromatic N) is 5. The zero-order valence-electron chi connectivity index (χ0n) is 41.8. The maximum atomic E-state index is 11.2. The van der Waals surface area contributed by atoms with Crippen molar-refractivity contribution in [1.29, 1.82) is 10.5 Å². The molecule has 6 heterocycles. The average molecular weight is 963 g/mol. The van der Waals surface area contributed by atoms with E-state index in [2.05, 4.69) is 153 Å². The number of aryl methyl sites for hydroxylation is 6. The van der Waals surface area contributed by atoms with Gasteiger partial charge in [0.05, 0.1) is 41.2 Å². The van der Waals surface area contributed by atoms with Crippen molar-refractivity contribution in [1.82, 2.24) is 0 Å². The standard InChI is InChI=1S/C63H40B3N5O4/c1-32-16-34(3)62(35(4)17-32)70-47-28-53-45(64-41-12-8-10-14-51(41)72-55-22-39(31-68)23-56(74-53)60(55)64)26-43(47)66-44-27-46-54(75-58-25-40(69-7)24-57-61(58)65(46)42-13-9-11-15-52(42)73-57)29-48(44)71(63-36(5)18-33(2)19-37(63)6)50-21-38(30-67)20-49(70)59(50)66/h8-29H,1-6H3. The highest BCUT2D eigenvalue weighted by Crippen LogP contribution is 2.50. The van der Waals surface area contributed by atoms with E-state index in [0.29, 0.717) is 51.3 Å². The fraction of sp³-hybridized carbons (Fsp3) is 0.0952. The van der Waals surface area contributed by atoms with Crippen LogP contribution in [0.1, 0.15) is 44.5 Å². The molecule has 0 N–H and O–H groups in total. The monoisotopic (exact) mass is 963 g/mol. The number of anilines is 6. The van der Waals surface area contributed by atoms with Gasteiger partial charge in [0.25, 0.3) is 20.1 Å². The molecule has 9 nitrogen and oxygen atoms in total. The minimum atomic E-state index is -0.370. The van der Waals surface area contributed by atoms with Crippen LogP contribution in [0, 0.1) is 70.8 Å². The molecule has 0 aliphatic carbocycles. The lowest BCUT2D eigenvalue weighted by atomic mass is 9.29. The summed E-state index contributed by atoms with van der Waals surface area (Å²) in [6.45, 7) is 20.1. The van der Waals surface area contributed by atoms with Crippen molar-refractivity contribution in [3.63, 3.8) is 0 Å². The fourth-order valence-corrected chi connectivity index (χ4v) is 13.6. The summed E-state index contributed by atoms with van der Waals surface area (Å²) < 4.78 is 27.4. The molecular formula is C63H40B3N5O4. The summed E-state index contributed by atoms with van der Waals surface area (Å²) in [5.74, 6) is 5.25. The van der Waals surface area contributed by atoms with Crippen LogP contribution < -0.4 is 77.9 Å². The average Bonchev–Trinajstić information content (AvgIpc) is 3.54. The van der Waals surface area contributed by atoms with Gasteiger partial charge in [-0.25, -0.2) is 4.85 Å². The molecule has 0 amide bonds. The van der Waals surface area contributed by atoms with E-state index < -0.39 is 0 Å². The highest BCUT2D eigenvalue weighted by Gasteiger charge is 2.50. The summed E-state index contributed by atoms with van der Waals surface area (Å²) in [5, 5.41) is 21.4. The van der Waals surface area contributed by atoms with Crippen molar-refractivity contribution in [2.75, 3.05) is 9.80 Å². The molecule has 0 fully saturated rings. The Balaban J connectivity index is 1.08. The minimum absolute atomic E-state index is 0.270. The lowest BCUT2D eigenvalue weighted by Gasteiger charge is -2.46. The Hall–Kier alpha value is -9.56. The van der Waals surface area contributed by atoms with Gasteiger partial charge in [-0.05, 0) is 151 Å². The number of nitriles is 2. The van der Waals surface area contributed by atoms with Gasteiger partial charge in [0.1, 0.15) is 46.0 Å². The molecule has 0 spiro atoms. The molecule has 0 aromatic heterocycles. The second-order valence-corrected chi connectivity index (χ2v) is 20.9. The molecule has 0 saturated carbocycles. The highest BCUT2D eigenvalue weighted by molar-refractivity contribution is 7.03. The highest BCUT2D eigenvalue weighted by atomic mass is 16.5. The molecule has 0 saturated heterocycles. The first kappa shape index (κ1) is 43.1. The van der Waals surface area contributed by atoms with Crippen molar-refractivity contribution < 1.29 is 18.9 Å². The molecule has 6 aliphatic rings. The molecular weight excluding hydrogens is 923 g/mol. The summed E-state index contributed by atoms with van der Waals surface area (Å²) in [6, 6.07) is 50.8. The molecule has 9 aromatic rings. The quantitative estimate of drug-likeness (QED) is 0.125. The lowest BCUT2D eigenvalue weighted by Crippen LogP contribution is -2.65. The maximum Gasteiger partial charge on any atom is 0.260 e. The molecule has 0 atom stereocenters. The number of para-hydroxylation sites is 2. The summed E-state index contributed by atoms with van der Waals surface area (Å²) in [7, 11) is 0. The third-order valence-electron chi connectivity index (χ3n) is 16.2. The van der Waals surface area contributed by atoms with Gasteiger partial charge in [0.2, 0.25) is 0 Å². The van der Waals surface area contributed by atoms with E-state index in [-0.39, 0.29) is 20.1 Å². The van der Waals surface area contributed by atoms with Crippen molar-refractivity contribution in [2.45, 2.75) is 41.5 Å². The molecule has 6 aliphatic heterocycles. The van der Waals surface area contributed by atoms with Gasteiger partial charge in [-0.3, -0.25) is 0 Å². The normalized spacial score (nSPS) is 13.7. The topological polar surface area (TPSA) is 95.3 Å². The van der Waals surface area contributed by atoms with Crippen LogP contribution in [0.4, 0.5) is 39.8 Å². The van der Waals surface area contributed by atoms with Crippen LogP contribution in [0.15, 0.2) is 133 Å². The summed E-state index contributed by atoms with van der Waals surface area (Å²) in [6.07, 6.45) is 0. The van der Waals surface area contributed by atoms with Gasteiger partial charge in [0.15, 0.2) is 5.69 Å². The molecule has 0 unspecified atom stereocenters. The third-order valence-corrected chi connectivity index (χ3v) is 16.2. The summed E-state index contributed by atoms with van der Waals surface area (Å²) in [4.78, 5) is 8.59. The molecule has 15 rings (SSSR count). The van der Waals surface area contributed by atoms with Crippen molar-refractivity contribution >= 4 is 109 Å². The Bertz CT molecular complexity index is 4010. The summed E-state index contributed by atoms with van der Waals surface area (Å²) >= 11 is 0. The van der Waals surface area contributed by atoms with Crippen LogP contribution in [0.2, 0.25) is 0 Å². The number of benzene rings is 9. The van der Waals surface area contributed by atoms with Crippen LogP contribution in [0.5, 0.6) is 46.0 Å². The molecule has 75 heavy (non-hydrogen) atoms. The number of hydrogen-bond acceptors (Lipinski definition) is 8. The van der Waals surface area contributed by atoms with Crippen LogP contribution in [-0.2, 0) is 0 Å². The van der Waals surface area contributed by atoms with E-state index >= 15 is 0 Å². The Morgan fingerprint density at radius 3 is 1.21 bits per heavy atom. The molecule has 9 aromatic carbocycles. The smallest absolute Gasteiger partial charge is 0.260 e. The number of rotatable bonds is 2. The van der Waals surface area contributed by atoms with Crippen LogP contribution >= 0.6 is 0 Å². The van der Waals surface area contributed by atoms with Crippen LogP contribution in [-0.4, -0.2) is 20.1 Å². The SMILES string of the molecule is [C-]#[N+]c1cc2c3c(c1)Oc1cc4c(cc1B3c1ccccc1O2)B1c2cc3c(cc2N(c2c(C)cc(C)cc2C)c2cc(C#N)cc(c21)N4c1c(C)cc(C)cc1C)Oc1cc(C#N)cc2c1B3c1ccccc1O2. The number of ether oxygens (including phenoxy) is 4. The maximum absolute atomic E-state index is 11.2. The second kappa shape index (κ2) is 15.2. The van der Waals surface area contributed by atoms with Crippen molar-refractivity contribution in [2.24, 2.45) is 0 Å². The van der Waals surface area contributed by atoms with Gasteiger partial charge in [-0.1, -0.05) is 83.9 Å². The molecule has 0 radical (unpaired) electrons. The summed E-state index contributed by atoms with van der Waals surface area (Å²) in [5.41, 5.74) is 22.8. The Labute approximate surface area is 435 Å². The van der Waals surface area contributed by atoms with Crippen molar-refractivity contribution in [3.05, 3.63) is 189 Å². The number of fused-ring (bicyclic) bond motifs is 12. The van der Waals surface area contributed by atoms with E-state index in [0.717, 1.165) is 128 Å². The zero-order chi connectivity index (χ0) is 50.9. The van der Waals surface area contributed by atoms with Gasteiger partial charge < -0.3 is 28.7 Å². The van der Waals surface area contributed by atoms with Crippen molar-refractivity contribution in [3.8, 4) is 58.1 Å². The Morgan fingerprint density at radius 2 is 0.787 bits per heavy atom. The van der Waals surface area contributed by atoms with Crippen LogP contribution in [0.25, 0.3) is 4.85 Å². The predicted molar refractivity (Wildman–Crippen MR) is 300 cm³/mol. The van der Waals surface area contributed by atoms with E-state index in [1.165, 1.54) is 0 Å².